The van der Waals surface area contributed by atoms with Gasteiger partial charge in [0, 0.05) is 26.2 Å². The highest BCUT2D eigenvalue weighted by atomic mass is 16.5. The van der Waals surface area contributed by atoms with Crippen LogP contribution >= 0.6 is 0 Å². The van der Waals surface area contributed by atoms with E-state index >= 15 is 0 Å². The molecular formula is C17H26N4O4. The number of methoxy groups -OCH3 is 1. The van der Waals surface area contributed by atoms with E-state index in [1.165, 1.54) is 6.26 Å². The molecule has 1 aliphatic carbocycles. The molecule has 8 heteroatoms. The number of nitrogens with zero attached hydrogens (tertiary/aromatic N) is 2. The summed E-state index contributed by atoms with van der Waals surface area (Å²) in [4.78, 5) is 1.84. The maximum atomic E-state index is 10.5. The van der Waals surface area contributed by atoms with Crippen molar-refractivity contribution in [1.82, 2.24) is 10.2 Å². The number of aliphatic hydroxyl groups is 2. The molecule has 0 amide bonds. The summed E-state index contributed by atoms with van der Waals surface area (Å²) in [6.07, 6.45) is 3.18. The van der Waals surface area contributed by atoms with Crippen LogP contribution in [0.1, 0.15) is 13.3 Å². The van der Waals surface area contributed by atoms with Gasteiger partial charge in [-0.15, -0.1) is 5.73 Å². The summed E-state index contributed by atoms with van der Waals surface area (Å²) < 4.78 is 9.99. The van der Waals surface area contributed by atoms with Crippen molar-refractivity contribution >= 4 is 0 Å². The molecule has 0 radical (unpaired) electrons. The fraction of sp³-hybridized carbons (Fsp3) is 0.647. The fourth-order valence-electron chi connectivity index (χ4n) is 2.54. The molecule has 1 aliphatic rings. The molecule has 1 rings (SSSR count). The lowest BCUT2D eigenvalue weighted by molar-refractivity contribution is -0.0619. The highest BCUT2D eigenvalue weighted by Gasteiger charge is 2.30. The first-order chi connectivity index (χ1) is 12.0. The molecule has 0 aromatic rings. The topological polar surface area (TPSA) is 124 Å². The highest BCUT2D eigenvalue weighted by Crippen LogP contribution is 2.16. The van der Waals surface area contributed by atoms with Crippen LogP contribution in [0.4, 0.5) is 0 Å². The summed E-state index contributed by atoms with van der Waals surface area (Å²) >= 11 is 0. The molecule has 0 fully saturated rings. The van der Waals surface area contributed by atoms with Gasteiger partial charge in [-0.2, -0.15) is 5.26 Å². The van der Waals surface area contributed by atoms with Gasteiger partial charge in [-0.25, -0.2) is 0 Å². The normalized spacial score (nSPS) is 22.9. The Labute approximate surface area is 148 Å². The third kappa shape index (κ3) is 6.87. The van der Waals surface area contributed by atoms with Crippen LogP contribution in [0.25, 0.3) is 0 Å². The van der Waals surface area contributed by atoms with Crippen molar-refractivity contribution < 1.29 is 19.7 Å². The Morgan fingerprint density at radius 3 is 2.92 bits per heavy atom. The molecule has 5 N–H and O–H groups in total. The maximum Gasteiger partial charge on any atom is 0.286 e. The number of hydrogen-bond donors (Lipinski definition) is 4. The van der Waals surface area contributed by atoms with Crippen molar-refractivity contribution in [3.05, 3.63) is 17.9 Å². The molecule has 25 heavy (non-hydrogen) atoms. The third-order valence-electron chi connectivity index (χ3n) is 3.91. The zero-order valence-corrected chi connectivity index (χ0v) is 14.6. The summed E-state index contributed by atoms with van der Waals surface area (Å²) in [5.74, 6) is 5.89. The molecule has 0 spiro atoms. The molecule has 5 unspecified atom stereocenters. The first kappa shape index (κ1) is 21.2. The van der Waals surface area contributed by atoms with Crippen LogP contribution in [-0.2, 0) is 9.47 Å². The minimum atomic E-state index is -1.11. The number of ether oxygens (including phenoxy) is 2. The molecule has 0 saturated heterocycles. The minimum absolute atomic E-state index is 0.0785. The molecule has 138 valence electrons. The standard InChI is InChI=1S/C17H26N4O4/c1-3-21(14-8-6-4-5-7-9-15(14)24-2)16(22)10-20-17(23)13(19)11-25-12-18/h5,9,13-17,20,22-23H,3,8,10-11,19H2,1-2H3. The second kappa shape index (κ2) is 11.6. The first-order valence-corrected chi connectivity index (χ1v) is 8.09. The van der Waals surface area contributed by atoms with Gasteiger partial charge in [-0.3, -0.25) is 10.2 Å². The molecule has 0 aromatic carbocycles. The Morgan fingerprint density at radius 2 is 2.28 bits per heavy atom. The zero-order valence-electron chi connectivity index (χ0n) is 14.6. The van der Waals surface area contributed by atoms with Crippen molar-refractivity contribution in [3.8, 4) is 18.1 Å². The van der Waals surface area contributed by atoms with E-state index < -0.39 is 18.5 Å². The monoisotopic (exact) mass is 350 g/mol. The number of likely N-dealkylation sites (N-methyl/N-ethyl adjacent to an activating group) is 1. The Morgan fingerprint density at radius 1 is 1.52 bits per heavy atom. The summed E-state index contributed by atoms with van der Waals surface area (Å²) in [6.45, 7) is 2.45. The van der Waals surface area contributed by atoms with E-state index in [2.05, 4.69) is 27.6 Å². The van der Waals surface area contributed by atoms with E-state index in [0.29, 0.717) is 13.0 Å². The molecule has 0 bridgehead atoms. The molecule has 5 atom stereocenters. The third-order valence-corrected chi connectivity index (χ3v) is 3.91. The number of aliphatic hydroxyl groups excluding tert-OH is 2. The van der Waals surface area contributed by atoms with Crippen LogP contribution in [0.5, 0.6) is 0 Å². The lowest BCUT2D eigenvalue weighted by atomic mass is 10.0. The van der Waals surface area contributed by atoms with Crippen LogP contribution in [0.3, 0.4) is 0 Å². The quantitative estimate of drug-likeness (QED) is 0.169. The minimum Gasteiger partial charge on any atom is -0.426 e. The maximum absolute atomic E-state index is 10.5. The van der Waals surface area contributed by atoms with Gasteiger partial charge in [-0.1, -0.05) is 18.8 Å². The highest BCUT2D eigenvalue weighted by molar-refractivity contribution is 5.19. The number of nitriles is 1. The van der Waals surface area contributed by atoms with Crippen molar-refractivity contribution in [2.45, 2.75) is 44.0 Å². The second-order valence-corrected chi connectivity index (χ2v) is 5.50. The Hall–Kier alpha value is -1.87. The number of nitrogens with two attached hydrogens (primary N) is 1. The van der Waals surface area contributed by atoms with E-state index in [0.717, 1.165) is 0 Å². The van der Waals surface area contributed by atoms with Crippen molar-refractivity contribution in [2.24, 2.45) is 5.73 Å². The number of rotatable bonds is 10. The summed E-state index contributed by atoms with van der Waals surface area (Å²) in [5, 5.41) is 31.5. The van der Waals surface area contributed by atoms with Gasteiger partial charge in [0.25, 0.3) is 6.26 Å². The lowest BCUT2D eigenvalue weighted by Gasteiger charge is -2.37. The van der Waals surface area contributed by atoms with E-state index in [4.69, 9.17) is 15.7 Å². The lowest BCUT2D eigenvalue weighted by Crippen LogP contribution is -2.55. The van der Waals surface area contributed by atoms with Crippen molar-refractivity contribution in [2.75, 3.05) is 26.8 Å². The summed E-state index contributed by atoms with van der Waals surface area (Å²) in [7, 11) is 1.60. The van der Waals surface area contributed by atoms with Crippen LogP contribution in [0, 0.1) is 23.4 Å². The van der Waals surface area contributed by atoms with E-state index in [1.54, 1.807) is 19.3 Å². The summed E-state index contributed by atoms with van der Waals surface area (Å²) in [6, 6.07) is -0.942. The van der Waals surface area contributed by atoms with Crippen LogP contribution in [-0.4, -0.2) is 72.6 Å². The van der Waals surface area contributed by atoms with Crippen LogP contribution in [0.2, 0.25) is 0 Å². The number of hydrogen-bond acceptors (Lipinski definition) is 8. The number of nitrogens with one attached hydrogen (secondary N) is 1. The van der Waals surface area contributed by atoms with Gasteiger partial charge in [0.1, 0.15) is 19.1 Å². The Balaban J connectivity index is 2.67. The van der Waals surface area contributed by atoms with Gasteiger partial charge in [0.2, 0.25) is 0 Å². The molecular weight excluding hydrogens is 324 g/mol. The predicted octanol–water partition coefficient (Wildman–Crippen LogP) is -1.14. The van der Waals surface area contributed by atoms with Gasteiger partial charge in [-0.05, 0) is 12.6 Å². The SMILES string of the molecule is CCN(C(O)CNC(O)C(N)COC#N)C1CC#CC=C=CC1OC. The average molecular weight is 350 g/mol. The van der Waals surface area contributed by atoms with Crippen LogP contribution < -0.4 is 11.1 Å². The van der Waals surface area contributed by atoms with E-state index in [9.17, 15) is 10.2 Å². The second-order valence-electron chi connectivity index (χ2n) is 5.50. The van der Waals surface area contributed by atoms with Gasteiger partial charge < -0.3 is 25.4 Å². The molecule has 0 aliphatic heterocycles. The van der Waals surface area contributed by atoms with Crippen LogP contribution in [0.15, 0.2) is 17.9 Å². The smallest absolute Gasteiger partial charge is 0.286 e. The van der Waals surface area contributed by atoms with Crippen molar-refractivity contribution in [1.29, 1.82) is 5.26 Å². The van der Waals surface area contributed by atoms with Gasteiger partial charge in [0.05, 0.1) is 18.2 Å². The van der Waals surface area contributed by atoms with Gasteiger partial charge >= 0.3 is 0 Å². The average Bonchev–Trinajstić information content (AvgIpc) is 2.60. The van der Waals surface area contributed by atoms with E-state index in [-0.39, 0.29) is 25.3 Å². The Bertz CT molecular complexity index is 559. The molecule has 0 heterocycles. The first-order valence-electron chi connectivity index (χ1n) is 8.09. The molecule has 0 saturated carbocycles. The largest absolute Gasteiger partial charge is 0.426 e. The predicted molar refractivity (Wildman–Crippen MR) is 91.6 cm³/mol. The van der Waals surface area contributed by atoms with Gasteiger partial charge in [0.15, 0.2) is 0 Å². The van der Waals surface area contributed by atoms with Crippen molar-refractivity contribution in [3.63, 3.8) is 0 Å². The zero-order chi connectivity index (χ0) is 18.7. The fourth-order valence-corrected chi connectivity index (χ4v) is 2.54. The van der Waals surface area contributed by atoms with E-state index in [1.807, 2.05) is 11.8 Å². The molecule has 0 aromatic heterocycles. The summed E-state index contributed by atoms with van der Waals surface area (Å²) in [5.41, 5.74) is 8.64. The molecule has 8 nitrogen and oxygen atoms in total. The Kier molecular flexibility index (Phi) is 9.86.